The fourth-order valence-corrected chi connectivity index (χ4v) is 2.25. The van der Waals surface area contributed by atoms with Crippen LogP contribution in [0.4, 0.5) is 0 Å². The summed E-state index contributed by atoms with van der Waals surface area (Å²) in [7, 11) is 3.27. The summed E-state index contributed by atoms with van der Waals surface area (Å²) in [5.41, 5.74) is 2.24. The van der Waals surface area contributed by atoms with Crippen LogP contribution in [0.15, 0.2) is 12.1 Å². The lowest BCUT2D eigenvalue weighted by atomic mass is 9.81. The summed E-state index contributed by atoms with van der Waals surface area (Å²) < 4.78 is 10.6. The molecule has 1 aromatic carbocycles. The number of ether oxygens (including phenoxy) is 2. The predicted molar refractivity (Wildman–Crippen MR) is 76.2 cm³/mol. The van der Waals surface area contributed by atoms with Crippen LogP contribution in [-0.2, 0) is 10.2 Å². The van der Waals surface area contributed by atoms with Crippen molar-refractivity contribution in [3.8, 4) is 11.5 Å². The first-order chi connectivity index (χ1) is 8.96. The summed E-state index contributed by atoms with van der Waals surface area (Å²) in [4.78, 5) is 10.4. The van der Waals surface area contributed by atoms with Crippen molar-refractivity contribution in [2.45, 2.75) is 26.2 Å². The van der Waals surface area contributed by atoms with Gasteiger partial charge in [-0.15, -0.1) is 0 Å². The van der Waals surface area contributed by atoms with E-state index in [4.69, 9.17) is 9.47 Å². The van der Waals surface area contributed by atoms with Crippen LogP contribution in [0.25, 0.3) is 0 Å². The van der Waals surface area contributed by atoms with Gasteiger partial charge in [-0.05, 0) is 30.2 Å². The topological polar surface area (TPSA) is 47.6 Å². The Morgan fingerprint density at radius 2 is 1.79 bits per heavy atom. The minimum Gasteiger partial charge on any atom is -0.493 e. The fourth-order valence-electron chi connectivity index (χ4n) is 2.25. The molecule has 0 heterocycles. The van der Waals surface area contributed by atoms with E-state index in [1.54, 1.807) is 14.2 Å². The average molecular weight is 265 g/mol. The van der Waals surface area contributed by atoms with Gasteiger partial charge < -0.3 is 19.6 Å². The first kappa shape index (κ1) is 15.5. The van der Waals surface area contributed by atoms with Crippen LogP contribution in [-0.4, -0.2) is 33.6 Å². The van der Waals surface area contributed by atoms with Crippen LogP contribution in [0, 0.1) is 6.92 Å². The average Bonchev–Trinajstić information content (AvgIpc) is 2.38. The predicted octanol–water partition coefficient (Wildman–Crippen LogP) is 2.08. The lowest BCUT2D eigenvalue weighted by Crippen LogP contribution is -2.34. The number of carbonyl (C=O) groups is 1. The summed E-state index contributed by atoms with van der Waals surface area (Å²) in [6.07, 6.45) is 0.873. The van der Waals surface area contributed by atoms with Crippen LogP contribution in [0.1, 0.15) is 25.0 Å². The van der Waals surface area contributed by atoms with Crippen LogP contribution < -0.4 is 14.8 Å². The van der Waals surface area contributed by atoms with E-state index < -0.39 is 0 Å². The molecule has 0 saturated carbocycles. The second kappa shape index (κ2) is 6.57. The largest absolute Gasteiger partial charge is 0.493 e. The summed E-state index contributed by atoms with van der Waals surface area (Å²) in [5, 5.41) is 3.13. The standard InChI is InChI=1S/C15H23NO3/c1-11-8-13(18-4)14(19-5)9-12(11)15(2,3)10-16-6-7-17/h7-9,16H,6,10H2,1-5H3. The zero-order valence-corrected chi connectivity index (χ0v) is 12.4. The Bertz CT molecular complexity index is 441. The molecule has 1 rings (SSSR count). The van der Waals surface area contributed by atoms with E-state index in [0.717, 1.165) is 29.9 Å². The highest BCUT2D eigenvalue weighted by Gasteiger charge is 2.24. The normalized spacial score (nSPS) is 11.2. The fraction of sp³-hybridized carbons (Fsp3) is 0.533. The molecule has 106 valence electrons. The van der Waals surface area contributed by atoms with E-state index in [9.17, 15) is 4.79 Å². The number of aryl methyl sites for hydroxylation is 1. The van der Waals surface area contributed by atoms with Gasteiger partial charge >= 0.3 is 0 Å². The van der Waals surface area contributed by atoms with Crippen molar-refractivity contribution in [3.05, 3.63) is 23.3 Å². The van der Waals surface area contributed by atoms with Crippen molar-refractivity contribution in [1.29, 1.82) is 0 Å². The SMILES string of the molecule is COc1cc(C)c(C(C)(C)CNCC=O)cc1OC. The van der Waals surface area contributed by atoms with Gasteiger partial charge in [0, 0.05) is 12.0 Å². The molecule has 1 aromatic rings. The third kappa shape index (κ3) is 3.70. The Morgan fingerprint density at radius 1 is 1.21 bits per heavy atom. The molecule has 0 atom stereocenters. The maximum Gasteiger partial charge on any atom is 0.161 e. The Balaban J connectivity index is 3.07. The highest BCUT2D eigenvalue weighted by molar-refractivity contribution is 5.52. The first-order valence-electron chi connectivity index (χ1n) is 6.33. The minimum atomic E-state index is -0.0906. The summed E-state index contributed by atoms with van der Waals surface area (Å²) in [5.74, 6) is 1.46. The van der Waals surface area contributed by atoms with Crippen molar-refractivity contribution in [2.24, 2.45) is 0 Å². The second-order valence-electron chi connectivity index (χ2n) is 5.20. The third-order valence-corrected chi connectivity index (χ3v) is 3.25. The lowest BCUT2D eigenvalue weighted by Gasteiger charge is -2.28. The molecule has 4 heteroatoms. The van der Waals surface area contributed by atoms with Gasteiger partial charge in [-0.25, -0.2) is 0 Å². The molecule has 4 nitrogen and oxygen atoms in total. The molecule has 0 aliphatic carbocycles. The number of carbonyl (C=O) groups excluding carboxylic acids is 1. The molecule has 0 amide bonds. The molecular formula is C15H23NO3. The number of hydrogen-bond acceptors (Lipinski definition) is 4. The van der Waals surface area contributed by atoms with Crippen molar-refractivity contribution in [2.75, 3.05) is 27.3 Å². The van der Waals surface area contributed by atoms with Gasteiger partial charge in [0.1, 0.15) is 6.29 Å². The number of aldehydes is 1. The van der Waals surface area contributed by atoms with Gasteiger partial charge in [0.2, 0.25) is 0 Å². The van der Waals surface area contributed by atoms with Crippen LogP contribution in [0.5, 0.6) is 11.5 Å². The van der Waals surface area contributed by atoms with E-state index >= 15 is 0 Å². The van der Waals surface area contributed by atoms with Crippen molar-refractivity contribution in [3.63, 3.8) is 0 Å². The van der Waals surface area contributed by atoms with E-state index in [0.29, 0.717) is 6.54 Å². The molecule has 0 aliphatic heterocycles. The van der Waals surface area contributed by atoms with Crippen molar-refractivity contribution >= 4 is 6.29 Å². The third-order valence-electron chi connectivity index (χ3n) is 3.25. The molecule has 0 aromatic heterocycles. The van der Waals surface area contributed by atoms with Crippen LogP contribution in [0.2, 0.25) is 0 Å². The second-order valence-corrected chi connectivity index (χ2v) is 5.20. The van der Waals surface area contributed by atoms with E-state index in [2.05, 4.69) is 26.1 Å². The molecule has 0 unspecified atom stereocenters. The number of nitrogens with one attached hydrogen (secondary N) is 1. The van der Waals surface area contributed by atoms with Crippen LogP contribution in [0.3, 0.4) is 0 Å². The van der Waals surface area contributed by atoms with E-state index in [1.165, 1.54) is 5.56 Å². The van der Waals surface area contributed by atoms with Gasteiger partial charge in [-0.3, -0.25) is 0 Å². The summed E-state index contributed by atoms with van der Waals surface area (Å²) in [6, 6.07) is 3.99. The van der Waals surface area contributed by atoms with Gasteiger partial charge in [0.25, 0.3) is 0 Å². The summed E-state index contributed by atoms with van der Waals surface area (Å²) in [6.45, 7) is 7.43. The molecule has 0 radical (unpaired) electrons. The maximum atomic E-state index is 10.4. The highest BCUT2D eigenvalue weighted by Crippen LogP contribution is 2.35. The molecular weight excluding hydrogens is 242 g/mol. The zero-order chi connectivity index (χ0) is 14.5. The van der Waals surface area contributed by atoms with Gasteiger partial charge in [0.15, 0.2) is 11.5 Å². The minimum absolute atomic E-state index is 0.0906. The zero-order valence-electron chi connectivity index (χ0n) is 12.4. The van der Waals surface area contributed by atoms with E-state index in [-0.39, 0.29) is 5.41 Å². The molecule has 1 N–H and O–H groups in total. The van der Waals surface area contributed by atoms with E-state index in [1.807, 2.05) is 12.1 Å². The van der Waals surface area contributed by atoms with Crippen molar-refractivity contribution < 1.29 is 14.3 Å². The Kier molecular flexibility index (Phi) is 5.36. The lowest BCUT2D eigenvalue weighted by molar-refractivity contribution is -0.107. The number of hydrogen-bond donors (Lipinski definition) is 1. The molecule has 0 saturated heterocycles. The number of methoxy groups -OCH3 is 2. The quantitative estimate of drug-likeness (QED) is 0.605. The highest BCUT2D eigenvalue weighted by atomic mass is 16.5. The van der Waals surface area contributed by atoms with Crippen molar-refractivity contribution in [1.82, 2.24) is 5.32 Å². The maximum absolute atomic E-state index is 10.4. The van der Waals surface area contributed by atoms with Crippen LogP contribution >= 0.6 is 0 Å². The smallest absolute Gasteiger partial charge is 0.161 e. The number of rotatable bonds is 7. The Morgan fingerprint density at radius 3 is 2.32 bits per heavy atom. The molecule has 0 fully saturated rings. The number of benzene rings is 1. The summed E-state index contributed by atoms with van der Waals surface area (Å²) >= 11 is 0. The molecule has 0 bridgehead atoms. The van der Waals surface area contributed by atoms with Gasteiger partial charge in [-0.1, -0.05) is 13.8 Å². The van der Waals surface area contributed by atoms with Gasteiger partial charge in [-0.2, -0.15) is 0 Å². The van der Waals surface area contributed by atoms with Gasteiger partial charge in [0.05, 0.1) is 20.8 Å². The molecule has 0 spiro atoms. The molecule has 0 aliphatic rings. The first-order valence-corrected chi connectivity index (χ1v) is 6.33. The Labute approximate surface area is 115 Å². The Hall–Kier alpha value is -1.55. The molecule has 19 heavy (non-hydrogen) atoms. The monoisotopic (exact) mass is 265 g/mol.